The molecule has 2 fully saturated rings. The van der Waals surface area contributed by atoms with Crippen molar-refractivity contribution in [3.8, 4) is 5.75 Å². The molecule has 1 N–H and O–H groups in total. The molecule has 7 heteroatoms. The van der Waals surface area contributed by atoms with Gasteiger partial charge in [0, 0.05) is 31.5 Å². The number of ether oxygens (including phenoxy) is 1. The number of fused-ring (bicyclic) bond motifs is 1. The van der Waals surface area contributed by atoms with Crippen LogP contribution < -0.4 is 4.74 Å². The minimum atomic E-state index is -0.878. The summed E-state index contributed by atoms with van der Waals surface area (Å²) in [6.07, 6.45) is 2.44. The molecule has 1 amide bonds. The first kappa shape index (κ1) is 18.4. The van der Waals surface area contributed by atoms with E-state index < -0.39 is 30.0 Å². The molecule has 2 saturated heterocycles. The lowest BCUT2D eigenvalue weighted by Crippen LogP contribution is -2.50. The van der Waals surface area contributed by atoms with Crippen LogP contribution in [0.5, 0.6) is 5.75 Å². The van der Waals surface area contributed by atoms with Crippen molar-refractivity contribution in [3.63, 3.8) is 0 Å². The summed E-state index contributed by atoms with van der Waals surface area (Å²) in [6, 6.07) is 7.91. The van der Waals surface area contributed by atoms with Crippen LogP contribution in [0.25, 0.3) is 5.47 Å². The Hall–Kier alpha value is -1.99. The van der Waals surface area contributed by atoms with Gasteiger partial charge in [0.2, 0.25) is 0 Å². The summed E-state index contributed by atoms with van der Waals surface area (Å²) in [6.45, 7) is 9.06. The molecule has 1 spiro atoms. The van der Waals surface area contributed by atoms with Gasteiger partial charge in [0.05, 0.1) is 11.2 Å². The molecule has 0 radical (unpaired) electrons. The second kappa shape index (κ2) is 6.01. The summed E-state index contributed by atoms with van der Waals surface area (Å²) in [7, 11) is -0.477. The molecule has 6 nitrogen and oxygen atoms in total. The molecule has 3 aliphatic rings. The highest BCUT2D eigenvalue weighted by molar-refractivity contribution is 6.69. The van der Waals surface area contributed by atoms with Crippen LogP contribution in [-0.2, 0) is 9.31 Å². The largest absolute Gasteiger partial charge is 0.495 e. The highest BCUT2D eigenvalue weighted by atomic mass is 16.7. The number of carbonyl (C=O) groups is 1. The van der Waals surface area contributed by atoms with Crippen molar-refractivity contribution < 1.29 is 23.9 Å². The molecule has 0 saturated carbocycles. The quantitative estimate of drug-likeness (QED) is 0.764. The minimum Gasteiger partial charge on any atom is -0.482 e. The van der Waals surface area contributed by atoms with Gasteiger partial charge >= 0.3 is 13.2 Å². The highest BCUT2D eigenvalue weighted by Crippen LogP contribution is 2.46. The third-order valence-electron chi connectivity index (χ3n) is 6.32. The summed E-state index contributed by atoms with van der Waals surface area (Å²) in [5.41, 5.74) is 0.567. The zero-order valence-corrected chi connectivity index (χ0v) is 16.3. The standard InChI is InChI=1S/C20H26BNO5/c1-18(2)19(3,4)27-21(26-18)15-13-20(9-11-22(12-10-20)17(23)24)25-16-8-6-5-7-14(15)16/h5-8,13H,9-12H2,1-4H3,(H,23,24). The molecular weight excluding hydrogens is 345 g/mol. The molecule has 27 heavy (non-hydrogen) atoms. The van der Waals surface area contributed by atoms with Crippen molar-refractivity contribution in [2.75, 3.05) is 13.1 Å². The summed E-state index contributed by atoms with van der Waals surface area (Å²) in [5, 5.41) is 9.25. The predicted molar refractivity (Wildman–Crippen MR) is 103 cm³/mol. The van der Waals surface area contributed by atoms with Gasteiger partial charge in [-0.05, 0) is 45.3 Å². The van der Waals surface area contributed by atoms with E-state index >= 15 is 0 Å². The van der Waals surface area contributed by atoms with Crippen molar-refractivity contribution in [2.45, 2.75) is 57.3 Å². The van der Waals surface area contributed by atoms with Crippen LogP contribution in [0.15, 0.2) is 30.3 Å². The molecule has 0 unspecified atom stereocenters. The van der Waals surface area contributed by atoms with Gasteiger partial charge in [0.25, 0.3) is 0 Å². The number of rotatable bonds is 1. The van der Waals surface area contributed by atoms with Gasteiger partial charge in [-0.1, -0.05) is 18.2 Å². The molecule has 144 valence electrons. The Morgan fingerprint density at radius 1 is 1.07 bits per heavy atom. The molecule has 1 aromatic carbocycles. The molecule has 0 bridgehead atoms. The number of hydrogen-bond acceptors (Lipinski definition) is 4. The lowest BCUT2D eigenvalue weighted by atomic mass is 9.69. The maximum atomic E-state index is 11.3. The molecule has 4 rings (SSSR count). The predicted octanol–water partition coefficient (Wildman–Crippen LogP) is 3.61. The fourth-order valence-corrected chi connectivity index (χ4v) is 3.89. The number of hydrogen-bond donors (Lipinski definition) is 1. The summed E-state index contributed by atoms with van der Waals surface area (Å²) >= 11 is 0. The van der Waals surface area contributed by atoms with Gasteiger partial charge in [0.15, 0.2) is 0 Å². The monoisotopic (exact) mass is 371 g/mol. The van der Waals surface area contributed by atoms with Crippen LogP contribution >= 0.6 is 0 Å². The lowest BCUT2D eigenvalue weighted by Gasteiger charge is -2.42. The number of amides is 1. The van der Waals surface area contributed by atoms with E-state index in [1.54, 1.807) is 0 Å². The van der Waals surface area contributed by atoms with Crippen LogP contribution in [0.1, 0.15) is 46.1 Å². The van der Waals surface area contributed by atoms with E-state index in [1.807, 2.05) is 52.0 Å². The van der Waals surface area contributed by atoms with Crippen LogP contribution in [0.2, 0.25) is 0 Å². The average molecular weight is 371 g/mol. The SMILES string of the molecule is CC1(C)OB(C2=CC3(CCN(C(=O)O)CC3)Oc3ccccc32)OC1(C)C. The molecular formula is C20H26BNO5. The third-order valence-corrected chi connectivity index (χ3v) is 6.32. The van der Waals surface area contributed by atoms with Crippen LogP contribution in [-0.4, -0.2) is 53.1 Å². The number of piperidine rings is 1. The Kier molecular flexibility index (Phi) is 4.09. The maximum absolute atomic E-state index is 11.3. The van der Waals surface area contributed by atoms with Gasteiger partial charge in [-0.2, -0.15) is 0 Å². The minimum absolute atomic E-state index is 0.425. The number of para-hydroxylation sites is 1. The Balaban J connectivity index is 1.70. The Morgan fingerprint density at radius 2 is 1.67 bits per heavy atom. The Bertz CT molecular complexity index is 779. The van der Waals surface area contributed by atoms with Crippen molar-refractivity contribution in [3.05, 3.63) is 35.9 Å². The van der Waals surface area contributed by atoms with E-state index in [0.29, 0.717) is 25.9 Å². The zero-order chi connectivity index (χ0) is 19.4. The van der Waals surface area contributed by atoms with Crippen LogP contribution in [0, 0.1) is 0 Å². The molecule has 3 aliphatic heterocycles. The summed E-state index contributed by atoms with van der Waals surface area (Å²) < 4.78 is 19.0. The lowest BCUT2D eigenvalue weighted by molar-refractivity contribution is 0.00578. The van der Waals surface area contributed by atoms with Gasteiger partial charge < -0.3 is 24.1 Å². The number of benzene rings is 1. The summed E-state index contributed by atoms with van der Waals surface area (Å²) in [5.74, 6) is 0.800. The first-order chi connectivity index (χ1) is 12.6. The summed E-state index contributed by atoms with van der Waals surface area (Å²) in [4.78, 5) is 12.7. The Labute approximate surface area is 160 Å². The van der Waals surface area contributed by atoms with Crippen molar-refractivity contribution in [1.82, 2.24) is 4.90 Å². The molecule has 1 aromatic rings. The molecule has 0 atom stereocenters. The average Bonchev–Trinajstić information content (AvgIpc) is 2.82. The van der Waals surface area contributed by atoms with Crippen molar-refractivity contribution in [2.24, 2.45) is 0 Å². The van der Waals surface area contributed by atoms with Crippen molar-refractivity contribution >= 4 is 18.7 Å². The van der Waals surface area contributed by atoms with Gasteiger partial charge in [0.1, 0.15) is 11.4 Å². The molecule has 0 aliphatic carbocycles. The van der Waals surface area contributed by atoms with Crippen molar-refractivity contribution in [1.29, 1.82) is 0 Å². The van der Waals surface area contributed by atoms with E-state index in [0.717, 1.165) is 16.8 Å². The van der Waals surface area contributed by atoms with Crippen LogP contribution in [0.3, 0.4) is 0 Å². The van der Waals surface area contributed by atoms with Crippen LogP contribution in [0.4, 0.5) is 4.79 Å². The number of nitrogens with zero attached hydrogens (tertiary/aromatic N) is 1. The van der Waals surface area contributed by atoms with E-state index in [1.165, 1.54) is 4.90 Å². The van der Waals surface area contributed by atoms with Gasteiger partial charge in [-0.15, -0.1) is 0 Å². The zero-order valence-electron chi connectivity index (χ0n) is 16.3. The molecule has 0 aromatic heterocycles. The topological polar surface area (TPSA) is 68.2 Å². The fraction of sp³-hybridized carbons (Fsp3) is 0.550. The normalized spacial score (nSPS) is 25.0. The second-order valence-electron chi connectivity index (χ2n) is 8.62. The van der Waals surface area contributed by atoms with E-state index in [9.17, 15) is 9.90 Å². The van der Waals surface area contributed by atoms with E-state index in [-0.39, 0.29) is 0 Å². The maximum Gasteiger partial charge on any atom is 0.495 e. The molecule has 3 heterocycles. The van der Waals surface area contributed by atoms with Gasteiger partial charge in [-0.25, -0.2) is 4.79 Å². The third kappa shape index (κ3) is 3.03. The number of likely N-dealkylation sites (tertiary alicyclic amines) is 1. The highest BCUT2D eigenvalue weighted by Gasteiger charge is 2.54. The van der Waals surface area contributed by atoms with Gasteiger partial charge in [-0.3, -0.25) is 0 Å². The number of carboxylic acid groups (broad SMARTS) is 1. The Morgan fingerprint density at radius 3 is 2.26 bits per heavy atom. The van der Waals surface area contributed by atoms with E-state index in [4.69, 9.17) is 14.0 Å². The smallest absolute Gasteiger partial charge is 0.482 e. The first-order valence-electron chi connectivity index (χ1n) is 9.47. The van der Waals surface area contributed by atoms with E-state index in [2.05, 4.69) is 6.08 Å². The second-order valence-corrected chi connectivity index (χ2v) is 8.62. The fourth-order valence-electron chi connectivity index (χ4n) is 3.89. The first-order valence-corrected chi connectivity index (χ1v) is 9.47.